The summed E-state index contributed by atoms with van der Waals surface area (Å²) < 4.78 is 0. The maximum Gasteiger partial charge on any atom is 0.220 e. The van der Waals surface area contributed by atoms with E-state index < -0.39 is 0 Å². The molecule has 0 unspecified atom stereocenters. The predicted molar refractivity (Wildman–Crippen MR) is 106 cm³/mol. The molecule has 5 N–H and O–H groups in total. The van der Waals surface area contributed by atoms with Crippen LogP contribution in [0.2, 0.25) is 0 Å². The molecule has 6 nitrogen and oxygen atoms in total. The van der Waals surface area contributed by atoms with Crippen LogP contribution >= 0.6 is 0 Å². The Hall–Kier alpha value is -0.690. The van der Waals surface area contributed by atoms with Crippen LogP contribution in [0.3, 0.4) is 0 Å². The zero-order valence-electron chi connectivity index (χ0n) is 16.8. The average molecular weight is 375 g/mol. The van der Waals surface area contributed by atoms with Crippen molar-refractivity contribution < 1.29 is 20.1 Å². The zero-order valence-corrected chi connectivity index (χ0v) is 16.8. The second kappa shape index (κ2) is 17.7. The first-order chi connectivity index (χ1) is 12.6. The fourth-order valence-corrected chi connectivity index (χ4v) is 3.54. The van der Waals surface area contributed by atoms with Crippen molar-refractivity contribution in [2.75, 3.05) is 39.5 Å². The van der Waals surface area contributed by atoms with Gasteiger partial charge in [-0.3, -0.25) is 4.79 Å². The summed E-state index contributed by atoms with van der Waals surface area (Å²) in [4.78, 5) is 12.2. The highest BCUT2D eigenvalue weighted by Crippen LogP contribution is 2.39. The first-order valence-electron chi connectivity index (χ1n) is 10.4. The van der Waals surface area contributed by atoms with Crippen LogP contribution in [0, 0.1) is 5.41 Å². The van der Waals surface area contributed by atoms with Crippen LogP contribution in [0.5, 0.6) is 0 Å². The summed E-state index contributed by atoms with van der Waals surface area (Å²) >= 11 is 0. The molecule has 0 aromatic heterocycles. The van der Waals surface area contributed by atoms with Crippen molar-refractivity contribution in [2.45, 2.75) is 77.6 Å². The number of carbonyl (C=O) groups excluding carboxylic acids is 1. The van der Waals surface area contributed by atoms with Crippen LogP contribution in [-0.4, -0.2) is 60.7 Å². The number of rotatable bonds is 19. The van der Waals surface area contributed by atoms with E-state index in [2.05, 4.69) is 17.6 Å². The number of hydrogen-bond donors (Lipinski definition) is 5. The lowest BCUT2D eigenvalue weighted by molar-refractivity contribution is -0.121. The smallest absolute Gasteiger partial charge is 0.220 e. The van der Waals surface area contributed by atoms with E-state index in [9.17, 15) is 20.1 Å². The maximum absolute atomic E-state index is 12.2. The topological polar surface area (TPSA) is 102 Å². The van der Waals surface area contributed by atoms with Gasteiger partial charge in [-0.1, -0.05) is 13.3 Å². The van der Waals surface area contributed by atoms with Crippen LogP contribution in [0.15, 0.2) is 0 Å². The predicted octanol–water partition coefficient (Wildman–Crippen LogP) is 1.97. The number of aliphatic hydroxyl groups excluding tert-OH is 3. The largest absolute Gasteiger partial charge is 0.396 e. The molecule has 0 saturated carbocycles. The van der Waals surface area contributed by atoms with Gasteiger partial charge < -0.3 is 26.0 Å². The first kappa shape index (κ1) is 25.3. The summed E-state index contributed by atoms with van der Waals surface area (Å²) in [5.41, 5.74) is -0.0721. The molecule has 0 radical (unpaired) electrons. The normalized spacial score (nSPS) is 11.7. The van der Waals surface area contributed by atoms with Crippen molar-refractivity contribution in [1.82, 2.24) is 10.6 Å². The minimum Gasteiger partial charge on any atom is -0.396 e. The van der Waals surface area contributed by atoms with Gasteiger partial charge in [-0.2, -0.15) is 0 Å². The average Bonchev–Trinajstić information content (AvgIpc) is 2.66. The number of amides is 1. The van der Waals surface area contributed by atoms with E-state index in [1.54, 1.807) is 0 Å². The Balaban J connectivity index is 4.26. The third-order valence-electron chi connectivity index (χ3n) is 5.08. The molecule has 0 spiro atoms. The Labute approximate surface area is 159 Å². The molecule has 26 heavy (non-hydrogen) atoms. The number of unbranched alkanes of at least 4 members (excludes halogenated alkanes) is 2. The van der Waals surface area contributed by atoms with Gasteiger partial charge in [-0.25, -0.2) is 0 Å². The van der Waals surface area contributed by atoms with Gasteiger partial charge in [0.05, 0.1) is 0 Å². The lowest BCUT2D eigenvalue weighted by atomic mass is 9.72. The maximum atomic E-state index is 12.2. The fourth-order valence-electron chi connectivity index (χ4n) is 3.54. The highest BCUT2D eigenvalue weighted by Gasteiger charge is 2.29. The standard InChI is InChI=1S/C20H42N2O4/c1-2-21-14-4-3-5-15-22-19(26)9-13-20(10-6-16-23,11-7-17-24)12-8-18-25/h21,23-25H,2-18H2,1H3,(H,22,26). The minimum absolute atomic E-state index is 0.0721. The second-order valence-electron chi connectivity index (χ2n) is 7.25. The van der Waals surface area contributed by atoms with Gasteiger partial charge >= 0.3 is 0 Å². The lowest BCUT2D eigenvalue weighted by Crippen LogP contribution is -2.29. The van der Waals surface area contributed by atoms with E-state index in [-0.39, 0.29) is 31.1 Å². The number of carbonyl (C=O) groups is 1. The zero-order chi connectivity index (χ0) is 19.5. The van der Waals surface area contributed by atoms with Gasteiger partial charge in [0.2, 0.25) is 5.91 Å². The van der Waals surface area contributed by atoms with Crippen LogP contribution < -0.4 is 10.6 Å². The fraction of sp³-hybridized carbons (Fsp3) is 0.950. The van der Waals surface area contributed by atoms with E-state index in [0.717, 1.165) is 64.6 Å². The van der Waals surface area contributed by atoms with E-state index in [4.69, 9.17) is 0 Å². The van der Waals surface area contributed by atoms with E-state index in [1.807, 2.05) is 0 Å². The molecule has 0 aliphatic rings. The highest BCUT2D eigenvalue weighted by molar-refractivity contribution is 5.75. The van der Waals surface area contributed by atoms with E-state index in [1.165, 1.54) is 0 Å². The molecule has 0 rings (SSSR count). The Kier molecular flexibility index (Phi) is 17.2. The molecule has 156 valence electrons. The van der Waals surface area contributed by atoms with Gasteiger partial charge in [0.1, 0.15) is 0 Å². The monoisotopic (exact) mass is 374 g/mol. The van der Waals surface area contributed by atoms with Crippen molar-refractivity contribution in [1.29, 1.82) is 0 Å². The Morgan fingerprint density at radius 2 is 1.31 bits per heavy atom. The summed E-state index contributed by atoms with van der Waals surface area (Å²) in [5.74, 6) is 0.0815. The lowest BCUT2D eigenvalue weighted by Gasteiger charge is -2.34. The minimum atomic E-state index is -0.0721. The third-order valence-corrected chi connectivity index (χ3v) is 5.08. The van der Waals surface area contributed by atoms with Crippen molar-refractivity contribution in [3.63, 3.8) is 0 Å². The van der Waals surface area contributed by atoms with Gasteiger partial charge in [-0.05, 0) is 76.3 Å². The third kappa shape index (κ3) is 13.5. The van der Waals surface area contributed by atoms with Crippen LogP contribution in [0.25, 0.3) is 0 Å². The Morgan fingerprint density at radius 1 is 0.769 bits per heavy atom. The molecular formula is C20H42N2O4. The van der Waals surface area contributed by atoms with Gasteiger partial charge in [0, 0.05) is 32.8 Å². The molecule has 0 atom stereocenters. The van der Waals surface area contributed by atoms with Gasteiger partial charge in [0.15, 0.2) is 0 Å². The molecule has 0 aromatic rings. The molecule has 0 heterocycles. The molecule has 0 bridgehead atoms. The Bertz CT molecular complexity index is 305. The molecule has 0 fully saturated rings. The summed E-state index contributed by atoms with van der Waals surface area (Å²) in [6, 6.07) is 0. The summed E-state index contributed by atoms with van der Waals surface area (Å²) in [5, 5.41) is 33.9. The van der Waals surface area contributed by atoms with Gasteiger partial charge in [-0.15, -0.1) is 0 Å². The molecular weight excluding hydrogens is 332 g/mol. The summed E-state index contributed by atoms with van der Waals surface area (Å²) in [7, 11) is 0. The first-order valence-corrected chi connectivity index (χ1v) is 10.4. The van der Waals surface area contributed by atoms with E-state index in [0.29, 0.717) is 25.7 Å². The van der Waals surface area contributed by atoms with Crippen molar-refractivity contribution in [3.8, 4) is 0 Å². The molecule has 0 saturated heterocycles. The number of nitrogens with one attached hydrogen (secondary N) is 2. The van der Waals surface area contributed by atoms with Crippen LogP contribution in [-0.2, 0) is 4.79 Å². The van der Waals surface area contributed by atoms with Crippen LogP contribution in [0.4, 0.5) is 0 Å². The van der Waals surface area contributed by atoms with E-state index >= 15 is 0 Å². The SMILES string of the molecule is CCNCCCCCNC(=O)CCC(CCCO)(CCCO)CCCO. The number of hydrogen-bond acceptors (Lipinski definition) is 5. The molecule has 1 amide bonds. The Morgan fingerprint density at radius 3 is 1.81 bits per heavy atom. The summed E-state index contributed by atoms with van der Waals surface area (Å²) in [6.07, 6.45) is 9.07. The molecule has 6 heteroatoms. The van der Waals surface area contributed by atoms with Gasteiger partial charge in [0.25, 0.3) is 0 Å². The molecule has 0 aliphatic carbocycles. The van der Waals surface area contributed by atoms with Crippen molar-refractivity contribution in [3.05, 3.63) is 0 Å². The van der Waals surface area contributed by atoms with Crippen LogP contribution in [0.1, 0.15) is 77.6 Å². The summed E-state index contributed by atoms with van der Waals surface area (Å²) in [6.45, 7) is 5.27. The highest BCUT2D eigenvalue weighted by atomic mass is 16.3. The van der Waals surface area contributed by atoms with Crippen molar-refractivity contribution >= 4 is 5.91 Å². The second-order valence-corrected chi connectivity index (χ2v) is 7.25. The quantitative estimate of drug-likeness (QED) is 0.223. The number of aliphatic hydroxyl groups is 3. The molecule has 0 aromatic carbocycles. The molecule has 0 aliphatic heterocycles. The van der Waals surface area contributed by atoms with Crippen molar-refractivity contribution in [2.24, 2.45) is 5.41 Å².